The van der Waals surface area contributed by atoms with Gasteiger partial charge in [-0.3, -0.25) is 4.79 Å². The maximum atomic E-state index is 12.4. The van der Waals surface area contributed by atoms with E-state index in [2.05, 4.69) is 15.4 Å². The molecule has 6 heteroatoms. The highest BCUT2D eigenvalue weighted by atomic mass is 35.5. The average molecular weight is 371 g/mol. The molecule has 1 aromatic carbocycles. The van der Waals surface area contributed by atoms with E-state index in [0.29, 0.717) is 17.9 Å². The number of benzene rings is 1. The molecular formula is C20H23ClN4O. The summed E-state index contributed by atoms with van der Waals surface area (Å²) in [5.74, 6) is 0.0167. The molecule has 1 amide bonds. The average Bonchev–Trinajstić information content (AvgIpc) is 2.95. The summed E-state index contributed by atoms with van der Waals surface area (Å²) in [7, 11) is 0. The minimum absolute atomic E-state index is 0.0167. The normalized spacial score (nSPS) is 12.3. The topological polar surface area (TPSA) is 59.3 Å². The van der Waals surface area contributed by atoms with Crippen molar-refractivity contribution in [2.45, 2.75) is 46.6 Å². The molecule has 3 rings (SSSR count). The predicted molar refractivity (Wildman–Crippen MR) is 104 cm³/mol. The molecule has 0 saturated heterocycles. The third-order valence-corrected chi connectivity index (χ3v) is 4.89. The summed E-state index contributed by atoms with van der Waals surface area (Å²) in [5.41, 5.74) is 5.89. The fourth-order valence-corrected chi connectivity index (χ4v) is 3.32. The number of aryl methyl sites for hydroxylation is 3. The van der Waals surface area contributed by atoms with Gasteiger partial charge >= 0.3 is 0 Å². The largest absolute Gasteiger partial charge is 0.350 e. The fourth-order valence-electron chi connectivity index (χ4n) is 3.19. The van der Waals surface area contributed by atoms with Crippen LogP contribution < -0.4 is 5.32 Å². The van der Waals surface area contributed by atoms with Gasteiger partial charge in [0.05, 0.1) is 11.7 Å². The van der Waals surface area contributed by atoms with Gasteiger partial charge in [0, 0.05) is 28.9 Å². The second kappa shape index (κ2) is 7.46. The number of nitrogens with zero attached hydrogens (tertiary/aromatic N) is 3. The van der Waals surface area contributed by atoms with Gasteiger partial charge < -0.3 is 5.32 Å². The van der Waals surface area contributed by atoms with Crippen molar-refractivity contribution < 1.29 is 4.79 Å². The molecule has 2 heterocycles. The zero-order valence-corrected chi connectivity index (χ0v) is 16.3. The first-order chi connectivity index (χ1) is 12.3. The number of rotatable bonds is 5. The lowest BCUT2D eigenvalue weighted by Crippen LogP contribution is -2.27. The maximum absolute atomic E-state index is 12.4. The summed E-state index contributed by atoms with van der Waals surface area (Å²) in [6.45, 7) is 7.93. The van der Waals surface area contributed by atoms with Crippen molar-refractivity contribution in [3.8, 4) is 0 Å². The van der Waals surface area contributed by atoms with Crippen molar-refractivity contribution in [1.29, 1.82) is 0 Å². The van der Waals surface area contributed by atoms with E-state index in [9.17, 15) is 4.79 Å². The molecule has 2 aromatic heterocycles. The molecule has 1 atom stereocenters. The van der Waals surface area contributed by atoms with Gasteiger partial charge in [0.25, 0.3) is 0 Å². The van der Waals surface area contributed by atoms with Gasteiger partial charge in [0.15, 0.2) is 5.65 Å². The second-order valence-electron chi connectivity index (χ2n) is 6.66. The number of aromatic nitrogens is 3. The molecule has 5 nitrogen and oxygen atoms in total. The lowest BCUT2D eigenvalue weighted by molar-refractivity contribution is -0.121. The molecular weight excluding hydrogens is 348 g/mol. The van der Waals surface area contributed by atoms with Crippen molar-refractivity contribution in [2.24, 2.45) is 0 Å². The number of carbonyl (C=O) groups excluding carboxylic acids is 1. The number of hydrogen-bond acceptors (Lipinski definition) is 3. The van der Waals surface area contributed by atoms with Crippen LogP contribution in [0.2, 0.25) is 5.02 Å². The Hall–Kier alpha value is -2.40. The summed E-state index contributed by atoms with van der Waals surface area (Å²) in [6, 6.07) is 9.43. The second-order valence-corrected chi connectivity index (χ2v) is 7.09. The van der Waals surface area contributed by atoms with Crippen LogP contribution in [0, 0.1) is 20.8 Å². The van der Waals surface area contributed by atoms with Crippen LogP contribution in [-0.4, -0.2) is 20.5 Å². The molecule has 1 N–H and O–H groups in total. The van der Waals surface area contributed by atoms with Crippen molar-refractivity contribution in [1.82, 2.24) is 19.9 Å². The Labute approximate surface area is 158 Å². The zero-order chi connectivity index (χ0) is 18.8. The van der Waals surface area contributed by atoms with Crippen LogP contribution in [0.5, 0.6) is 0 Å². The minimum Gasteiger partial charge on any atom is -0.350 e. The summed E-state index contributed by atoms with van der Waals surface area (Å²) in [4.78, 5) is 17.0. The van der Waals surface area contributed by atoms with Crippen molar-refractivity contribution in [3.63, 3.8) is 0 Å². The monoisotopic (exact) mass is 370 g/mol. The number of hydrogen-bond donors (Lipinski definition) is 1. The summed E-state index contributed by atoms with van der Waals surface area (Å²) in [5, 5.41) is 8.21. The quantitative estimate of drug-likeness (QED) is 0.735. The maximum Gasteiger partial charge on any atom is 0.220 e. The molecule has 0 aliphatic rings. The van der Waals surface area contributed by atoms with Crippen molar-refractivity contribution in [3.05, 3.63) is 63.6 Å². The highest BCUT2D eigenvalue weighted by molar-refractivity contribution is 6.30. The standard InChI is InChI=1S/C20H23ClN4O/c1-12-11-19-22-14(3)18(15(4)25(19)24-12)9-10-20(26)23-13(2)16-5-7-17(21)8-6-16/h5-8,11,13H,9-10H2,1-4H3,(H,23,26)/t13-/m1/s1. The van der Waals surface area contributed by atoms with Gasteiger partial charge in [-0.2, -0.15) is 5.10 Å². The van der Waals surface area contributed by atoms with Gasteiger partial charge in [0.2, 0.25) is 5.91 Å². The van der Waals surface area contributed by atoms with E-state index < -0.39 is 0 Å². The van der Waals surface area contributed by atoms with Crippen LogP contribution in [0.15, 0.2) is 30.3 Å². The summed E-state index contributed by atoms with van der Waals surface area (Å²) < 4.78 is 1.85. The molecule has 0 fully saturated rings. The number of amides is 1. The highest BCUT2D eigenvalue weighted by Crippen LogP contribution is 2.18. The van der Waals surface area contributed by atoms with E-state index in [1.807, 2.05) is 62.5 Å². The minimum atomic E-state index is -0.0590. The Bertz CT molecular complexity index is 947. The smallest absolute Gasteiger partial charge is 0.220 e. The van der Waals surface area contributed by atoms with Gasteiger partial charge in [0.1, 0.15) is 0 Å². The number of nitrogens with one attached hydrogen (secondary N) is 1. The van der Waals surface area contributed by atoms with E-state index in [0.717, 1.165) is 33.9 Å². The molecule has 0 saturated carbocycles. The molecule has 26 heavy (non-hydrogen) atoms. The summed E-state index contributed by atoms with van der Waals surface area (Å²) in [6.07, 6.45) is 1.05. The number of halogens is 1. The van der Waals surface area contributed by atoms with Gasteiger partial charge in [-0.1, -0.05) is 23.7 Å². The Morgan fingerprint density at radius 1 is 1.23 bits per heavy atom. The zero-order valence-electron chi connectivity index (χ0n) is 15.5. The van der Waals surface area contributed by atoms with E-state index in [-0.39, 0.29) is 11.9 Å². The molecule has 0 aliphatic heterocycles. The first-order valence-corrected chi connectivity index (χ1v) is 9.10. The van der Waals surface area contributed by atoms with Gasteiger partial charge in [-0.05, 0) is 57.4 Å². The summed E-state index contributed by atoms with van der Waals surface area (Å²) >= 11 is 5.91. The lowest BCUT2D eigenvalue weighted by Gasteiger charge is -2.15. The Kier molecular flexibility index (Phi) is 5.28. The molecule has 0 aliphatic carbocycles. The van der Waals surface area contributed by atoms with Crippen LogP contribution >= 0.6 is 11.6 Å². The molecule has 0 radical (unpaired) electrons. The van der Waals surface area contributed by atoms with E-state index in [4.69, 9.17) is 11.6 Å². The van der Waals surface area contributed by atoms with Crippen molar-refractivity contribution in [2.75, 3.05) is 0 Å². The molecule has 3 aromatic rings. The number of fused-ring (bicyclic) bond motifs is 1. The van der Waals surface area contributed by atoms with Crippen LogP contribution in [-0.2, 0) is 11.2 Å². The molecule has 0 spiro atoms. The van der Waals surface area contributed by atoms with Gasteiger partial charge in [-0.15, -0.1) is 0 Å². The SMILES string of the molecule is Cc1cc2nc(C)c(CCC(=O)N[C@H](C)c3ccc(Cl)cc3)c(C)n2n1. The van der Waals surface area contributed by atoms with E-state index in [1.165, 1.54) is 0 Å². The van der Waals surface area contributed by atoms with Crippen LogP contribution in [0.25, 0.3) is 5.65 Å². The van der Waals surface area contributed by atoms with E-state index in [1.54, 1.807) is 0 Å². The van der Waals surface area contributed by atoms with Crippen molar-refractivity contribution >= 4 is 23.2 Å². The van der Waals surface area contributed by atoms with E-state index >= 15 is 0 Å². The third-order valence-electron chi connectivity index (χ3n) is 4.64. The lowest BCUT2D eigenvalue weighted by atomic mass is 10.1. The highest BCUT2D eigenvalue weighted by Gasteiger charge is 2.14. The number of carbonyl (C=O) groups is 1. The molecule has 0 unspecified atom stereocenters. The first kappa shape index (κ1) is 18.4. The van der Waals surface area contributed by atoms with Crippen LogP contribution in [0.4, 0.5) is 0 Å². The Balaban J connectivity index is 1.67. The fraction of sp³-hybridized carbons (Fsp3) is 0.350. The van der Waals surface area contributed by atoms with Crippen LogP contribution in [0.3, 0.4) is 0 Å². The molecule has 136 valence electrons. The predicted octanol–water partition coefficient (Wildman–Crippen LogP) is 4.12. The van der Waals surface area contributed by atoms with Crippen LogP contribution in [0.1, 0.15) is 47.6 Å². The Morgan fingerprint density at radius 3 is 2.62 bits per heavy atom. The first-order valence-electron chi connectivity index (χ1n) is 8.72. The molecule has 0 bridgehead atoms. The van der Waals surface area contributed by atoms with Gasteiger partial charge in [-0.25, -0.2) is 9.50 Å². The Morgan fingerprint density at radius 2 is 1.92 bits per heavy atom. The third kappa shape index (κ3) is 3.88.